The number of rotatable bonds is 6. The van der Waals surface area contributed by atoms with Gasteiger partial charge in [0.15, 0.2) is 0 Å². The number of hydrogen-bond acceptors (Lipinski definition) is 2. The van der Waals surface area contributed by atoms with Crippen LogP contribution in [-0.2, 0) is 6.42 Å². The van der Waals surface area contributed by atoms with Crippen molar-refractivity contribution >= 4 is 120 Å². The molecule has 0 spiro atoms. The molecule has 0 atom stereocenters. The molecule has 0 saturated heterocycles. The zero-order chi connectivity index (χ0) is 43.7. The molecule has 2 nitrogen and oxygen atoms in total. The maximum Gasteiger partial charge on any atom is 0.0540 e. The lowest BCUT2D eigenvalue weighted by Gasteiger charge is -2.28. The van der Waals surface area contributed by atoms with Gasteiger partial charge < -0.3 is 9.80 Å². The van der Waals surface area contributed by atoms with Gasteiger partial charge in [-0.2, -0.15) is 0 Å². The van der Waals surface area contributed by atoms with Gasteiger partial charge in [0.05, 0.1) is 11.4 Å². The van der Waals surface area contributed by atoms with Crippen LogP contribution in [0.15, 0.2) is 231 Å². The zero-order valence-electron chi connectivity index (χ0n) is 36.5. The van der Waals surface area contributed by atoms with Crippen LogP contribution in [-0.4, -0.2) is 0 Å². The third kappa shape index (κ3) is 5.21. The minimum atomic E-state index is 0.854. The van der Waals surface area contributed by atoms with Gasteiger partial charge in [-0.3, -0.25) is 0 Å². The van der Waals surface area contributed by atoms with Crippen molar-refractivity contribution in [2.45, 2.75) is 6.42 Å². The van der Waals surface area contributed by atoms with Crippen LogP contribution < -0.4 is 9.80 Å². The Hall–Kier alpha value is -8.72. The van der Waals surface area contributed by atoms with Crippen molar-refractivity contribution < 1.29 is 0 Å². The van der Waals surface area contributed by atoms with Crippen LogP contribution >= 0.6 is 0 Å². The van der Waals surface area contributed by atoms with Crippen molar-refractivity contribution in [3.63, 3.8) is 0 Å². The third-order valence-electron chi connectivity index (χ3n) is 14.9. The molecule has 0 unspecified atom stereocenters. The van der Waals surface area contributed by atoms with Crippen molar-refractivity contribution in [3.8, 4) is 11.1 Å². The molecule has 15 rings (SSSR count). The fraction of sp³-hybridized carbons (Fsp3) is 0.0154. The lowest BCUT2D eigenvalue weighted by atomic mass is 9.89. The van der Waals surface area contributed by atoms with E-state index < -0.39 is 0 Å². The van der Waals surface area contributed by atoms with Crippen LogP contribution in [0.25, 0.3) is 97.3 Å². The van der Waals surface area contributed by atoms with Crippen LogP contribution in [0, 0.1) is 0 Å². The molecule has 0 amide bonds. The minimum Gasteiger partial charge on any atom is -0.310 e. The molecule has 0 radical (unpaired) electrons. The van der Waals surface area contributed by atoms with Crippen LogP contribution in [0.3, 0.4) is 0 Å². The molecular weight excluding hydrogens is 809 g/mol. The van der Waals surface area contributed by atoms with E-state index in [9.17, 15) is 0 Å². The maximum absolute atomic E-state index is 2.46. The van der Waals surface area contributed by atoms with E-state index in [0.29, 0.717) is 0 Å². The predicted molar refractivity (Wildman–Crippen MR) is 286 cm³/mol. The second-order valence-electron chi connectivity index (χ2n) is 18.3. The van der Waals surface area contributed by atoms with Gasteiger partial charge in [-0.15, -0.1) is 0 Å². The molecule has 0 N–H and O–H groups in total. The zero-order valence-corrected chi connectivity index (χ0v) is 36.5. The fourth-order valence-electron chi connectivity index (χ4n) is 12.1. The minimum absolute atomic E-state index is 0.854. The highest BCUT2D eigenvalue weighted by molar-refractivity contribution is 6.35. The molecule has 2 heteroatoms. The average molecular weight is 849 g/mol. The lowest BCUT2D eigenvalue weighted by molar-refractivity contribution is 1.22. The Bertz CT molecular complexity index is 3930. The fourth-order valence-corrected chi connectivity index (χ4v) is 12.1. The Kier molecular flexibility index (Phi) is 7.59. The molecule has 0 aromatic heterocycles. The summed E-state index contributed by atoms with van der Waals surface area (Å²) >= 11 is 0. The van der Waals surface area contributed by atoms with Crippen molar-refractivity contribution in [2.24, 2.45) is 0 Å². The number of benzene rings is 14. The van der Waals surface area contributed by atoms with Gasteiger partial charge in [0.25, 0.3) is 0 Å². The molecule has 0 bridgehead atoms. The molecule has 0 saturated carbocycles. The summed E-state index contributed by atoms with van der Waals surface area (Å²) in [4.78, 5) is 4.93. The summed E-state index contributed by atoms with van der Waals surface area (Å²) < 4.78 is 0. The highest BCUT2D eigenvalue weighted by Crippen LogP contribution is 2.50. The van der Waals surface area contributed by atoms with E-state index in [1.54, 1.807) is 0 Å². The SMILES string of the molecule is c1ccc(N(c2ccc3c(c2)Cc2cc(N(c4ccccc4)c4ccc5c6cccc7cccc(c8cccc4c85)c76)ccc2-3)c2ccc3c4cccc5cccc(c6cccc2c63)c54)cc1. The number of para-hydroxylation sites is 2. The van der Waals surface area contributed by atoms with Gasteiger partial charge in [0, 0.05) is 33.5 Å². The normalized spacial score (nSPS) is 12.4. The molecular formula is C65H40N2. The molecule has 14 aromatic carbocycles. The van der Waals surface area contributed by atoms with Gasteiger partial charge in [-0.25, -0.2) is 0 Å². The van der Waals surface area contributed by atoms with Crippen LogP contribution in [0.5, 0.6) is 0 Å². The number of anilines is 6. The number of hydrogen-bond donors (Lipinski definition) is 0. The van der Waals surface area contributed by atoms with Gasteiger partial charge in [-0.05, 0) is 165 Å². The van der Waals surface area contributed by atoms with Crippen LogP contribution in [0.2, 0.25) is 0 Å². The van der Waals surface area contributed by atoms with E-state index in [0.717, 1.165) is 29.2 Å². The first-order valence-electron chi connectivity index (χ1n) is 23.4. The quantitative estimate of drug-likeness (QED) is 0.121. The monoisotopic (exact) mass is 848 g/mol. The summed E-state index contributed by atoms with van der Waals surface area (Å²) in [6.45, 7) is 0. The number of nitrogens with zero attached hydrogens (tertiary/aromatic N) is 2. The molecule has 310 valence electrons. The molecule has 67 heavy (non-hydrogen) atoms. The smallest absolute Gasteiger partial charge is 0.0540 e. The van der Waals surface area contributed by atoms with Gasteiger partial charge >= 0.3 is 0 Å². The first-order valence-corrected chi connectivity index (χ1v) is 23.4. The Morgan fingerprint density at radius 1 is 0.239 bits per heavy atom. The maximum atomic E-state index is 2.46. The predicted octanol–water partition coefficient (Wildman–Crippen LogP) is 18.3. The first-order chi connectivity index (χ1) is 33.2. The van der Waals surface area contributed by atoms with E-state index in [-0.39, 0.29) is 0 Å². The van der Waals surface area contributed by atoms with Crippen molar-refractivity contribution in [1.29, 1.82) is 0 Å². The van der Waals surface area contributed by atoms with Gasteiger partial charge in [0.1, 0.15) is 0 Å². The van der Waals surface area contributed by atoms with Crippen LogP contribution in [0.1, 0.15) is 11.1 Å². The molecule has 0 aliphatic heterocycles. The highest BCUT2D eigenvalue weighted by Gasteiger charge is 2.26. The second-order valence-corrected chi connectivity index (χ2v) is 18.3. The summed E-state index contributed by atoms with van der Waals surface area (Å²) in [5.41, 5.74) is 12.2. The third-order valence-corrected chi connectivity index (χ3v) is 14.9. The van der Waals surface area contributed by atoms with E-state index in [4.69, 9.17) is 0 Å². The summed E-state index contributed by atoms with van der Waals surface area (Å²) in [7, 11) is 0. The van der Waals surface area contributed by atoms with Crippen LogP contribution in [0.4, 0.5) is 34.1 Å². The molecule has 1 aliphatic carbocycles. The molecule has 0 heterocycles. The molecule has 14 aromatic rings. The van der Waals surface area contributed by atoms with Crippen molar-refractivity contribution in [3.05, 3.63) is 242 Å². The average Bonchev–Trinajstić information content (AvgIpc) is 3.75. The highest BCUT2D eigenvalue weighted by atomic mass is 15.1. The largest absolute Gasteiger partial charge is 0.310 e. The summed E-state index contributed by atoms with van der Waals surface area (Å²) in [6, 6.07) is 86.0. The van der Waals surface area contributed by atoms with Gasteiger partial charge in [-0.1, -0.05) is 170 Å². The summed E-state index contributed by atoms with van der Waals surface area (Å²) in [6.07, 6.45) is 0.854. The first kappa shape index (κ1) is 36.6. The standard InChI is InChI=1S/C65H40N2/c1-3-17-44(18-4-1)66(60-35-33-56-52-23-9-15-40-13-7-21-50(62(40)52)54-25-11-27-58(60)64(54)56)46-29-31-48-42(38-46)37-43-39-47(30-32-49(43)48)67(45-19-5-2-6-20-45)61-36-34-57-53-24-10-16-41-14-8-22-51(63(41)53)55-26-12-28-59(61)65(55)57/h1-36,38-39H,37H2. The Morgan fingerprint density at radius 3 is 0.985 bits per heavy atom. The molecule has 0 fully saturated rings. The Labute approximate surface area is 387 Å². The molecule has 1 aliphatic rings. The topological polar surface area (TPSA) is 6.48 Å². The van der Waals surface area contributed by atoms with Crippen molar-refractivity contribution in [1.82, 2.24) is 0 Å². The summed E-state index contributed by atoms with van der Waals surface area (Å²) in [5.74, 6) is 0. The number of fused-ring (bicyclic) bond motifs is 7. The van der Waals surface area contributed by atoms with Gasteiger partial charge in [0.2, 0.25) is 0 Å². The van der Waals surface area contributed by atoms with E-state index in [1.165, 1.54) is 120 Å². The van der Waals surface area contributed by atoms with E-state index in [1.807, 2.05) is 0 Å². The Balaban J connectivity index is 0.868. The lowest BCUT2D eigenvalue weighted by Crippen LogP contribution is -2.11. The summed E-state index contributed by atoms with van der Waals surface area (Å²) in [5, 5.41) is 20.8. The van der Waals surface area contributed by atoms with Crippen molar-refractivity contribution in [2.75, 3.05) is 9.80 Å². The Morgan fingerprint density at radius 2 is 0.582 bits per heavy atom. The van der Waals surface area contributed by atoms with E-state index >= 15 is 0 Å². The van der Waals surface area contributed by atoms with E-state index in [2.05, 4.69) is 240 Å². The second kappa shape index (κ2) is 13.9.